The normalized spacial score (nSPS) is 10.8. The van der Waals surface area contributed by atoms with E-state index < -0.39 is 14.3 Å². The van der Waals surface area contributed by atoms with E-state index in [0.717, 1.165) is 21.2 Å². The molecule has 0 aliphatic carbocycles. The summed E-state index contributed by atoms with van der Waals surface area (Å²) in [5, 5.41) is 4.32. The van der Waals surface area contributed by atoms with Crippen LogP contribution in [0.3, 0.4) is 0 Å². The number of hydrogen-bond acceptors (Lipinski definition) is 5. The van der Waals surface area contributed by atoms with E-state index in [1.807, 2.05) is 184 Å². The van der Waals surface area contributed by atoms with Crippen LogP contribution in [0.4, 0.5) is 11.4 Å². The Morgan fingerprint density at radius 3 is 0.821 bits per heavy atom. The molecular weight excluding hydrogens is 968 g/mol. The average Bonchev–Trinajstić information content (AvgIpc) is 3.16. The number of para-hydroxylation sites is 2. The number of halogens is 4. The predicted octanol–water partition coefficient (Wildman–Crippen LogP) is -3.54. The molecule has 0 N–H and O–H groups in total. The summed E-state index contributed by atoms with van der Waals surface area (Å²) in [7, 11) is -6.50. The zero-order valence-corrected chi connectivity index (χ0v) is 40.5. The first-order valence-corrected chi connectivity index (χ1v) is 19.8. The van der Waals surface area contributed by atoms with Crippen molar-refractivity contribution in [1.29, 1.82) is 0 Å². The van der Waals surface area contributed by atoms with Gasteiger partial charge in [-0.15, -0.1) is 0 Å². The van der Waals surface area contributed by atoms with Crippen LogP contribution in [0.1, 0.15) is 27.7 Å². The van der Waals surface area contributed by atoms with Crippen molar-refractivity contribution in [2.45, 2.75) is 27.7 Å². The third kappa shape index (κ3) is 13.1. The van der Waals surface area contributed by atoms with Gasteiger partial charge < -0.3 is 63.6 Å². The third-order valence-electron chi connectivity index (χ3n) is 8.02. The molecule has 6 aromatic carbocycles. The fraction of sp³-hybridized carbons (Fsp3) is 0.0930. The molecular formula is C43H40Cl4N2O3P2PdZn. The molecule has 0 radical (unpaired) electrons. The first-order valence-electron chi connectivity index (χ1n) is 16.4. The van der Waals surface area contributed by atoms with Crippen molar-refractivity contribution in [2.24, 2.45) is 9.98 Å². The average molecular weight is 1010 g/mol. The van der Waals surface area contributed by atoms with E-state index in [1.54, 1.807) is 0 Å². The molecule has 5 nitrogen and oxygen atoms in total. The van der Waals surface area contributed by atoms with Crippen molar-refractivity contribution in [1.82, 2.24) is 0 Å². The molecule has 0 amide bonds. The summed E-state index contributed by atoms with van der Waals surface area (Å²) in [6.45, 7) is 6.87. The van der Waals surface area contributed by atoms with E-state index in [0.29, 0.717) is 33.4 Å². The summed E-state index contributed by atoms with van der Waals surface area (Å²) >= 11 is 0. The molecule has 56 heavy (non-hydrogen) atoms. The molecule has 290 valence electrons. The minimum Gasteiger partial charge on any atom is -1.00 e. The van der Waals surface area contributed by atoms with Gasteiger partial charge in [-0.1, -0.05) is 146 Å². The van der Waals surface area contributed by atoms with Gasteiger partial charge in [-0.25, -0.2) is 0 Å². The Kier molecular flexibility index (Phi) is 26.0. The van der Waals surface area contributed by atoms with Crippen molar-refractivity contribution in [3.05, 3.63) is 170 Å². The van der Waals surface area contributed by atoms with Gasteiger partial charge in [0.05, 0.1) is 22.8 Å². The number of nitrogens with zero attached hydrogens (tertiary/aromatic N) is 2. The van der Waals surface area contributed by atoms with Gasteiger partial charge in [0.25, 0.3) is 0 Å². The molecule has 0 heterocycles. The van der Waals surface area contributed by atoms with Gasteiger partial charge in [0.2, 0.25) is 0 Å². The SMILES string of the molecule is CC(=Nc1ccccc1P(=O)(c1ccccc1)c1ccccc1)C(C)=Nc1ccccc1P(=O)(c1ccccc1)c1ccccc1.CC(C)=O.[Cl-].[Cl-].[Cl-].[Cl-].[Pd+2].[Zn+2]. The summed E-state index contributed by atoms with van der Waals surface area (Å²) in [6.07, 6.45) is 0. The van der Waals surface area contributed by atoms with Crippen LogP contribution in [-0.4, -0.2) is 17.2 Å². The minimum absolute atomic E-state index is 0. The van der Waals surface area contributed by atoms with Crippen LogP contribution in [-0.2, 0) is 53.8 Å². The number of rotatable bonds is 9. The van der Waals surface area contributed by atoms with E-state index in [2.05, 4.69) is 0 Å². The molecule has 0 bridgehead atoms. The molecule has 13 heteroatoms. The third-order valence-corrected chi connectivity index (χ3v) is 14.2. The molecule has 6 rings (SSSR count). The minimum atomic E-state index is -3.25. The molecule has 0 saturated heterocycles. The zero-order chi connectivity index (χ0) is 35.6. The second kappa shape index (κ2) is 26.3. The molecule has 0 spiro atoms. The van der Waals surface area contributed by atoms with Crippen LogP contribution in [0.2, 0.25) is 0 Å². The molecule has 0 aliphatic heterocycles. The Balaban J connectivity index is 0. The smallest absolute Gasteiger partial charge is 1.00 e. The Labute approximate surface area is 382 Å². The van der Waals surface area contributed by atoms with E-state index in [9.17, 15) is 4.79 Å². The molecule has 0 unspecified atom stereocenters. The van der Waals surface area contributed by atoms with Gasteiger partial charge in [0.15, 0.2) is 14.3 Å². The number of carbonyl (C=O) groups excluding carboxylic acids is 1. The first-order chi connectivity index (χ1) is 24.2. The van der Waals surface area contributed by atoms with Crippen molar-refractivity contribution >= 4 is 74.7 Å². The number of benzene rings is 6. The monoisotopic (exact) mass is 1000 g/mol. The largest absolute Gasteiger partial charge is 2.00 e. The van der Waals surface area contributed by atoms with E-state index in [-0.39, 0.29) is 95.3 Å². The molecule has 6 aromatic rings. The molecule has 0 fully saturated rings. The zero-order valence-electron chi connectivity index (χ0n) is 31.2. The fourth-order valence-electron chi connectivity index (χ4n) is 5.58. The second-order valence-electron chi connectivity index (χ2n) is 11.8. The van der Waals surface area contributed by atoms with Crippen molar-refractivity contribution in [2.75, 3.05) is 0 Å². The summed E-state index contributed by atoms with van der Waals surface area (Å²) in [6, 6.07) is 53.7. The fourth-order valence-corrected chi connectivity index (χ4v) is 11.1. The van der Waals surface area contributed by atoms with Crippen LogP contribution < -0.4 is 81.5 Å². The topological polar surface area (TPSA) is 75.9 Å². The summed E-state index contributed by atoms with van der Waals surface area (Å²) in [4.78, 5) is 19.5. The second-order valence-corrected chi connectivity index (χ2v) is 17.3. The quantitative estimate of drug-likeness (QED) is 0.0858. The number of Topliss-reactive ketones (excluding diaryl/α,β-unsaturated/α-hetero) is 1. The number of ketones is 1. The maximum atomic E-state index is 15.2. The maximum Gasteiger partial charge on any atom is 2.00 e. The van der Waals surface area contributed by atoms with Gasteiger partial charge >= 0.3 is 39.9 Å². The standard InChI is InChI=1S/C40H34N2O2P2.C3H6O.4ClH.Pd.Zn/c1-31(41-37-27-15-17-29-39(37)45(43,33-19-7-3-8-20-33)34-21-9-4-10-22-34)32(2)42-38-28-16-18-30-40(38)46(44,35-23-11-5-12-24-35)36-25-13-6-14-26-36;1-3(2)4;;;;;;/h3-30H,1-2H3;1-2H3;4*1H;;/q;;;;;;2*+2/p-4. The Bertz CT molecular complexity index is 2010. The Morgan fingerprint density at radius 2 is 0.589 bits per heavy atom. The predicted molar refractivity (Wildman–Crippen MR) is 214 cm³/mol. The Hall–Kier alpha value is -2.76. The van der Waals surface area contributed by atoms with E-state index >= 15 is 9.13 Å². The Morgan fingerprint density at radius 1 is 0.393 bits per heavy atom. The summed E-state index contributed by atoms with van der Waals surface area (Å²) in [5.41, 5.74) is 2.59. The van der Waals surface area contributed by atoms with Crippen LogP contribution in [0, 0.1) is 0 Å². The number of aliphatic imine (C=N–C) groups is 2. The van der Waals surface area contributed by atoms with Gasteiger partial charge in [0, 0.05) is 31.8 Å². The first kappa shape index (κ1) is 55.3. The van der Waals surface area contributed by atoms with Crippen LogP contribution in [0.5, 0.6) is 0 Å². The van der Waals surface area contributed by atoms with Crippen LogP contribution in [0.15, 0.2) is 180 Å². The molecule has 0 atom stereocenters. The van der Waals surface area contributed by atoms with E-state index in [4.69, 9.17) is 9.98 Å². The van der Waals surface area contributed by atoms with Gasteiger partial charge in [-0.2, -0.15) is 0 Å². The molecule has 0 aromatic heterocycles. The van der Waals surface area contributed by atoms with Gasteiger partial charge in [0.1, 0.15) is 5.78 Å². The van der Waals surface area contributed by atoms with E-state index in [1.165, 1.54) is 13.8 Å². The summed E-state index contributed by atoms with van der Waals surface area (Å²) < 4.78 is 30.4. The van der Waals surface area contributed by atoms with Gasteiger partial charge in [-0.3, -0.25) is 9.98 Å². The summed E-state index contributed by atoms with van der Waals surface area (Å²) in [5.74, 6) is 0.167. The van der Waals surface area contributed by atoms with Crippen molar-refractivity contribution in [3.8, 4) is 0 Å². The molecule has 0 saturated carbocycles. The molecule has 0 aliphatic rings. The van der Waals surface area contributed by atoms with Gasteiger partial charge in [-0.05, 0) is 52.0 Å². The van der Waals surface area contributed by atoms with Crippen molar-refractivity contribution in [3.63, 3.8) is 0 Å². The number of carbonyl (C=O) groups is 1. The van der Waals surface area contributed by atoms with Crippen molar-refractivity contribution < 1.29 is 103 Å². The number of hydrogen-bond donors (Lipinski definition) is 0. The van der Waals surface area contributed by atoms with Crippen LogP contribution >= 0.6 is 14.3 Å². The van der Waals surface area contributed by atoms with Crippen LogP contribution in [0.25, 0.3) is 0 Å². The maximum absolute atomic E-state index is 15.2.